The Morgan fingerprint density at radius 1 is 1.09 bits per heavy atom. The van der Waals surface area contributed by atoms with E-state index in [1.807, 2.05) is 61.5 Å². The van der Waals surface area contributed by atoms with Crippen LogP contribution < -0.4 is 19.6 Å². The maximum Gasteiger partial charge on any atom is 0.338 e. The summed E-state index contributed by atoms with van der Waals surface area (Å²) >= 11 is 1.32. The molecule has 3 aromatic rings. The van der Waals surface area contributed by atoms with Gasteiger partial charge in [-0.3, -0.25) is 9.36 Å². The first kappa shape index (κ1) is 22.7. The fraction of sp³-hybridized carbons (Fsp3) is 0.269. The summed E-state index contributed by atoms with van der Waals surface area (Å²) in [6, 6.07) is 14.7. The number of aryl methyl sites for hydroxylation is 1. The lowest BCUT2D eigenvalue weighted by atomic mass is 9.96. The van der Waals surface area contributed by atoms with Gasteiger partial charge in [0.1, 0.15) is 5.75 Å². The summed E-state index contributed by atoms with van der Waals surface area (Å²) in [6.07, 6.45) is 1.57. The first-order valence-corrected chi connectivity index (χ1v) is 11.5. The number of methoxy groups -OCH3 is 1. The molecular weight excluding hydrogens is 436 g/mol. The third-order valence-electron chi connectivity index (χ3n) is 5.39. The van der Waals surface area contributed by atoms with Crippen LogP contribution in [0.25, 0.3) is 6.08 Å². The summed E-state index contributed by atoms with van der Waals surface area (Å²) in [6.45, 7) is 7.40. The minimum Gasteiger partial charge on any atom is -0.497 e. The van der Waals surface area contributed by atoms with Crippen molar-refractivity contribution in [3.63, 3.8) is 0 Å². The van der Waals surface area contributed by atoms with E-state index in [-0.39, 0.29) is 11.7 Å². The molecule has 0 radical (unpaired) electrons. The van der Waals surface area contributed by atoms with Crippen molar-refractivity contribution in [2.75, 3.05) is 7.11 Å². The van der Waals surface area contributed by atoms with E-state index in [0.717, 1.165) is 16.7 Å². The van der Waals surface area contributed by atoms with Crippen LogP contribution in [0.2, 0.25) is 0 Å². The van der Waals surface area contributed by atoms with E-state index in [0.29, 0.717) is 26.4 Å². The molecule has 7 heteroatoms. The second-order valence-electron chi connectivity index (χ2n) is 8.22. The number of fused-ring (bicyclic) bond motifs is 1. The fourth-order valence-electron chi connectivity index (χ4n) is 3.78. The summed E-state index contributed by atoms with van der Waals surface area (Å²) in [4.78, 5) is 31.8. The number of benzene rings is 2. The summed E-state index contributed by atoms with van der Waals surface area (Å²) < 4.78 is 13.0. The second-order valence-corrected chi connectivity index (χ2v) is 9.23. The van der Waals surface area contributed by atoms with Gasteiger partial charge in [0.2, 0.25) is 0 Å². The number of rotatable bonds is 5. The molecule has 2 aromatic carbocycles. The van der Waals surface area contributed by atoms with Crippen molar-refractivity contribution in [1.29, 1.82) is 0 Å². The maximum absolute atomic E-state index is 13.6. The lowest BCUT2D eigenvalue weighted by Gasteiger charge is -2.25. The smallest absolute Gasteiger partial charge is 0.338 e. The van der Waals surface area contributed by atoms with Crippen LogP contribution in [0.1, 0.15) is 43.5 Å². The van der Waals surface area contributed by atoms with Gasteiger partial charge in [0.15, 0.2) is 4.80 Å². The Morgan fingerprint density at radius 2 is 1.76 bits per heavy atom. The molecule has 170 valence electrons. The van der Waals surface area contributed by atoms with Crippen LogP contribution in [-0.2, 0) is 9.53 Å². The maximum atomic E-state index is 13.6. The second kappa shape index (κ2) is 9.19. The number of carbonyl (C=O) groups excluding carboxylic acids is 1. The van der Waals surface area contributed by atoms with Gasteiger partial charge in [-0.25, -0.2) is 9.79 Å². The zero-order chi connectivity index (χ0) is 23.7. The Labute approximate surface area is 196 Å². The van der Waals surface area contributed by atoms with Crippen LogP contribution in [0.15, 0.2) is 69.6 Å². The Hall–Kier alpha value is -3.45. The fourth-order valence-corrected chi connectivity index (χ4v) is 4.82. The van der Waals surface area contributed by atoms with Gasteiger partial charge in [0, 0.05) is 0 Å². The number of allylic oxidation sites excluding steroid dienone is 1. The average molecular weight is 463 g/mol. The average Bonchev–Trinajstić information content (AvgIpc) is 3.08. The number of aromatic nitrogens is 1. The Bertz CT molecular complexity index is 1390. The molecule has 1 aromatic heterocycles. The van der Waals surface area contributed by atoms with Crippen molar-refractivity contribution in [3.8, 4) is 5.75 Å². The van der Waals surface area contributed by atoms with Crippen LogP contribution >= 0.6 is 11.3 Å². The zero-order valence-electron chi connectivity index (χ0n) is 19.3. The monoisotopic (exact) mass is 462 g/mol. The van der Waals surface area contributed by atoms with E-state index >= 15 is 0 Å². The minimum absolute atomic E-state index is 0.192. The van der Waals surface area contributed by atoms with Gasteiger partial charge in [-0.1, -0.05) is 53.3 Å². The first-order valence-electron chi connectivity index (χ1n) is 10.7. The molecule has 6 nitrogen and oxygen atoms in total. The molecule has 0 aliphatic carbocycles. The van der Waals surface area contributed by atoms with Crippen LogP contribution in [0, 0.1) is 6.92 Å². The lowest BCUT2D eigenvalue weighted by Crippen LogP contribution is -2.40. The van der Waals surface area contributed by atoms with Gasteiger partial charge in [-0.2, -0.15) is 0 Å². The van der Waals surface area contributed by atoms with Crippen molar-refractivity contribution in [2.24, 2.45) is 4.99 Å². The summed E-state index contributed by atoms with van der Waals surface area (Å²) in [5, 5.41) is 0. The Kier molecular flexibility index (Phi) is 6.33. The highest BCUT2D eigenvalue weighted by molar-refractivity contribution is 7.07. The van der Waals surface area contributed by atoms with E-state index in [1.54, 1.807) is 32.4 Å². The molecule has 4 rings (SSSR count). The molecule has 2 heterocycles. The summed E-state index contributed by atoms with van der Waals surface area (Å²) in [5.41, 5.74) is 3.58. The standard InChI is InChI=1S/C26H26N2O4S/c1-15(2)32-25(30)22-17(4)27-26-28(23(22)19-10-12-20(31-5)13-11-19)24(29)21(33-26)14-18-8-6-16(3)7-9-18/h6-15,23H,1-5H3/b21-14+/t23-/m0/s1. The molecule has 0 saturated heterocycles. The molecule has 1 aliphatic heterocycles. The number of nitrogens with zero attached hydrogens (tertiary/aromatic N) is 2. The van der Waals surface area contributed by atoms with E-state index in [2.05, 4.69) is 4.99 Å². The van der Waals surface area contributed by atoms with Crippen LogP contribution in [0.3, 0.4) is 0 Å². The highest BCUT2D eigenvalue weighted by Crippen LogP contribution is 2.31. The van der Waals surface area contributed by atoms with Crippen LogP contribution in [0.4, 0.5) is 0 Å². The third-order valence-corrected chi connectivity index (χ3v) is 6.37. The summed E-state index contributed by atoms with van der Waals surface area (Å²) in [5.74, 6) is 0.220. The highest BCUT2D eigenvalue weighted by Gasteiger charge is 2.33. The number of carbonyl (C=O) groups is 1. The topological polar surface area (TPSA) is 69.9 Å². The molecule has 0 amide bonds. The van der Waals surface area contributed by atoms with Crippen LogP contribution in [-0.4, -0.2) is 23.8 Å². The molecule has 0 fully saturated rings. The molecule has 0 N–H and O–H groups in total. The van der Waals surface area contributed by atoms with E-state index in [4.69, 9.17) is 9.47 Å². The van der Waals surface area contributed by atoms with Gasteiger partial charge in [-0.05, 0) is 57.0 Å². The van der Waals surface area contributed by atoms with Crippen LogP contribution in [0.5, 0.6) is 5.75 Å². The number of hydrogen-bond acceptors (Lipinski definition) is 6. The lowest BCUT2D eigenvalue weighted by molar-refractivity contribution is -0.143. The summed E-state index contributed by atoms with van der Waals surface area (Å²) in [7, 11) is 1.60. The van der Waals surface area contributed by atoms with E-state index in [1.165, 1.54) is 11.3 Å². The quantitative estimate of drug-likeness (QED) is 0.544. The SMILES string of the molecule is COc1ccc([C@H]2C(C(=O)OC(C)C)=C(C)N=c3s/c(=C/c4ccc(C)cc4)c(=O)n32)cc1. The number of thiazole rings is 1. The minimum atomic E-state index is -0.640. The number of ether oxygens (including phenoxy) is 2. The third kappa shape index (κ3) is 4.54. The number of esters is 1. The Morgan fingerprint density at radius 3 is 2.36 bits per heavy atom. The van der Waals surface area contributed by atoms with Crippen molar-refractivity contribution in [1.82, 2.24) is 4.57 Å². The Balaban J connectivity index is 1.92. The highest BCUT2D eigenvalue weighted by atomic mass is 32.1. The molecule has 33 heavy (non-hydrogen) atoms. The molecule has 0 saturated carbocycles. The molecule has 0 bridgehead atoms. The first-order chi connectivity index (χ1) is 15.8. The number of hydrogen-bond donors (Lipinski definition) is 0. The molecule has 0 unspecified atom stereocenters. The van der Waals surface area contributed by atoms with Gasteiger partial charge < -0.3 is 9.47 Å². The van der Waals surface area contributed by atoms with Crippen molar-refractivity contribution >= 4 is 23.4 Å². The van der Waals surface area contributed by atoms with Crippen molar-refractivity contribution in [3.05, 3.63) is 96.2 Å². The normalized spacial score (nSPS) is 15.9. The largest absolute Gasteiger partial charge is 0.497 e. The van der Waals surface area contributed by atoms with Gasteiger partial charge in [0.05, 0.1) is 35.1 Å². The van der Waals surface area contributed by atoms with Gasteiger partial charge in [0.25, 0.3) is 5.56 Å². The van der Waals surface area contributed by atoms with Gasteiger partial charge in [-0.15, -0.1) is 0 Å². The van der Waals surface area contributed by atoms with Gasteiger partial charge >= 0.3 is 5.97 Å². The van der Waals surface area contributed by atoms with Crippen molar-refractivity contribution in [2.45, 2.75) is 39.8 Å². The predicted octanol–water partition coefficient (Wildman–Crippen LogP) is 3.50. The van der Waals surface area contributed by atoms with E-state index in [9.17, 15) is 9.59 Å². The van der Waals surface area contributed by atoms with E-state index < -0.39 is 12.0 Å². The predicted molar refractivity (Wildman–Crippen MR) is 129 cm³/mol. The molecular formula is C26H26N2O4S. The van der Waals surface area contributed by atoms with Crippen molar-refractivity contribution < 1.29 is 14.3 Å². The molecule has 1 atom stereocenters. The molecule has 0 spiro atoms. The molecule has 1 aliphatic rings. The zero-order valence-corrected chi connectivity index (χ0v) is 20.1.